The second kappa shape index (κ2) is 6.56. The Kier molecular flexibility index (Phi) is 4.77. The van der Waals surface area contributed by atoms with Crippen LogP contribution in [0.5, 0.6) is 0 Å². The molecule has 0 saturated carbocycles. The van der Waals surface area contributed by atoms with Crippen LogP contribution in [-0.4, -0.2) is 23.8 Å². The third-order valence-electron chi connectivity index (χ3n) is 2.71. The Morgan fingerprint density at radius 2 is 1.90 bits per heavy atom. The first-order valence-electron chi connectivity index (χ1n) is 5.96. The van der Waals surface area contributed by atoms with Crippen LogP contribution < -0.4 is 10.6 Å². The summed E-state index contributed by atoms with van der Waals surface area (Å²) in [6.45, 7) is 0. The SMILES string of the molecule is CNC(=O)c1ccc(Cl)c(NC(=O)c2cccnc2Cl)c1. The lowest BCUT2D eigenvalue weighted by molar-refractivity contribution is 0.0961. The molecule has 2 aromatic rings. The maximum atomic E-state index is 12.1. The van der Waals surface area contributed by atoms with Gasteiger partial charge in [0.2, 0.25) is 0 Å². The molecule has 0 unspecified atom stereocenters. The van der Waals surface area contributed by atoms with Gasteiger partial charge in [0, 0.05) is 18.8 Å². The standard InChI is InChI=1S/C14H11Cl2N3O2/c1-17-13(20)8-4-5-10(15)11(7-8)19-14(21)9-3-2-6-18-12(9)16/h2-7H,1H3,(H,17,20)(H,19,21). The number of rotatable bonds is 3. The number of hydrogen-bond donors (Lipinski definition) is 2. The predicted octanol–water partition coefficient (Wildman–Crippen LogP) is 3.00. The van der Waals surface area contributed by atoms with Gasteiger partial charge in [-0.2, -0.15) is 0 Å². The van der Waals surface area contributed by atoms with E-state index in [2.05, 4.69) is 15.6 Å². The molecule has 2 amide bonds. The second-order valence-electron chi connectivity index (χ2n) is 4.07. The van der Waals surface area contributed by atoms with Crippen molar-refractivity contribution in [1.82, 2.24) is 10.3 Å². The Hall–Kier alpha value is -2.11. The van der Waals surface area contributed by atoms with E-state index in [1.54, 1.807) is 18.2 Å². The van der Waals surface area contributed by atoms with E-state index in [4.69, 9.17) is 23.2 Å². The zero-order valence-corrected chi connectivity index (χ0v) is 12.5. The van der Waals surface area contributed by atoms with E-state index < -0.39 is 5.91 Å². The predicted molar refractivity (Wildman–Crippen MR) is 82.0 cm³/mol. The Balaban J connectivity index is 2.29. The third-order valence-corrected chi connectivity index (χ3v) is 3.34. The molecule has 21 heavy (non-hydrogen) atoms. The lowest BCUT2D eigenvalue weighted by Gasteiger charge is -2.09. The van der Waals surface area contributed by atoms with Crippen LogP contribution in [0.3, 0.4) is 0 Å². The third kappa shape index (κ3) is 3.51. The van der Waals surface area contributed by atoms with Gasteiger partial charge < -0.3 is 10.6 Å². The number of halogens is 2. The molecular formula is C14H11Cl2N3O2. The molecule has 0 aliphatic rings. The fraction of sp³-hybridized carbons (Fsp3) is 0.0714. The van der Waals surface area contributed by atoms with E-state index in [0.29, 0.717) is 16.3 Å². The summed E-state index contributed by atoms with van der Waals surface area (Å²) < 4.78 is 0. The van der Waals surface area contributed by atoms with Crippen molar-refractivity contribution < 1.29 is 9.59 Å². The Bertz CT molecular complexity index is 704. The molecule has 0 saturated heterocycles. The van der Waals surface area contributed by atoms with Crippen LogP contribution in [0.4, 0.5) is 5.69 Å². The van der Waals surface area contributed by atoms with Crippen LogP contribution in [0, 0.1) is 0 Å². The van der Waals surface area contributed by atoms with Crippen LogP contribution >= 0.6 is 23.2 Å². The van der Waals surface area contributed by atoms with Crippen molar-refractivity contribution >= 4 is 40.7 Å². The Labute approximate surface area is 131 Å². The van der Waals surface area contributed by atoms with Crippen molar-refractivity contribution in [2.75, 3.05) is 12.4 Å². The van der Waals surface area contributed by atoms with Gasteiger partial charge >= 0.3 is 0 Å². The molecule has 1 aromatic carbocycles. The van der Waals surface area contributed by atoms with E-state index in [1.165, 1.54) is 25.4 Å². The minimum atomic E-state index is -0.455. The van der Waals surface area contributed by atoms with Crippen LogP contribution in [0.2, 0.25) is 10.2 Å². The molecule has 2 rings (SSSR count). The van der Waals surface area contributed by atoms with Gasteiger partial charge in [0.15, 0.2) is 0 Å². The smallest absolute Gasteiger partial charge is 0.258 e. The number of carbonyl (C=O) groups excluding carboxylic acids is 2. The Morgan fingerprint density at radius 1 is 1.14 bits per heavy atom. The number of aromatic nitrogens is 1. The zero-order chi connectivity index (χ0) is 15.4. The van der Waals surface area contributed by atoms with Crippen molar-refractivity contribution in [2.24, 2.45) is 0 Å². The maximum absolute atomic E-state index is 12.1. The van der Waals surface area contributed by atoms with Gasteiger partial charge in [0.05, 0.1) is 16.3 Å². The van der Waals surface area contributed by atoms with Gasteiger partial charge in [-0.1, -0.05) is 23.2 Å². The summed E-state index contributed by atoms with van der Waals surface area (Å²) in [6.07, 6.45) is 1.48. The summed E-state index contributed by atoms with van der Waals surface area (Å²) in [5, 5.41) is 5.51. The summed E-state index contributed by atoms with van der Waals surface area (Å²) in [5.41, 5.74) is 0.928. The van der Waals surface area contributed by atoms with Crippen molar-refractivity contribution in [2.45, 2.75) is 0 Å². The van der Waals surface area contributed by atoms with Gasteiger partial charge in [-0.25, -0.2) is 4.98 Å². The van der Waals surface area contributed by atoms with Crippen LogP contribution in [0.15, 0.2) is 36.5 Å². The number of anilines is 1. The Morgan fingerprint density at radius 3 is 2.57 bits per heavy atom. The summed E-state index contributed by atoms with van der Waals surface area (Å²) >= 11 is 11.9. The lowest BCUT2D eigenvalue weighted by atomic mass is 10.1. The first-order valence-corrected chi connectivity index (χ1v) is 6.72. The average Bonchev–Trinajstić information content (AvgIpc) is 2.49. The van der Waals surface area contributed by atoms with Gasteiger partial charge in [-0.15, -0.1) is 0 Å². The molecule has 0 bridgehead atoms. The number of hydrogen-bond acceptors (Lipinski definition) is 3. The van der Waals surface area contributed by atoms with Crippen molar-refractivity contribution in [1.29, 1.82) is 0 Å². The van der Waals surface area contributed by atoms with Crippen molar-refractivity contribution in [3.05, 3.63) is 57.8 Å². The van der Waals surface area contributed by atoms with E-state index >= 15 is 0 Å². The molecule has 108 valence electrons. The van der Waals surface area contributed by atoms with Gasteiger partial charge in [-0.05, 0) is 30.3 Å². The fourth-order valence-electron chi connectivity index (χ4n) is 1.65. The average molecular weight is 324 g/mol. The number of carbonyl (C=O) groups is 2. The minimum absolute atomic E-state index is 0.0913. The highest BCUT2D eigenvalue weighted by Gasteiger charge is 2.14. The molecule has 0 aliphatic carbocycles. The zero-order valence-electron chi connectivity index (χ0n) is 11.0. The molecule has 1 aromatic heterocycles. The molecular weight excluding hydrogens is 313 g/mol. The first kappa shape index (κ1) is 15.3. The fourth-order valence-corrected chi connectivity index (χ4v) is 2.02. The summed E-state index contributed by atoms with van der Waals surface area (Å²) in [7, 11) is 1.52. The van der Waals surface area contributed by atoms with Gasteiger partial charge in [-0.3, -0.25) is 9.59 Å². The highest BCUT2D eigenvalue weighted by Crippen LogP contribution is 2.24. The molecule has 0 fully saturated rings. The molecule has 1 heterocycles. The highest BCUT2D eigenvalue weighted by atomic mass is 35.5. The number of nitrogens with one attached hydrogen (secondary N) is 2. The number of pyridine rings is 1. The molecule has 0 aliphatic heterocycles. The van der Waals surface area contributed by atoms with Gasteiger partial charge in [0.1, 0.15) is 5.15 Å². The maximum Gasteiger partial charge on any atom is 0.258 e. The lowest BCUT2D eigenvalue weighted by Crippen LogP contribution is -2.18. The van der Waals surface area contributed by atoms with Crippen molar-refractivity contribution in [3.8, 4) is 0 Å². The topological polar surface area (TPSA) is 71.1 Å². The van der Waals surface area contributed by atoms with E-state index in [0.717, 1.165) is 0 Å². The number of amides is 2. The normalized spacial score (nSPS) is 10.0. The van der Waals surface area contributed by atoms with Crippen LogP contribution in [0.1, 0.15) is 20.7 Å². The summed E-state index contributed by atoms with van der Waals surface area (Å²) in [4.78, 5) is 27.6. The largest absolute Gasteiger partial charge is 0.355 e. The second-order valence-corrected chi connectivity index (χ2v) is 4.83. The first-order chi connectivity index (χ1) is 10.0. The summed E-state index contributed by atoms with van der Waals surface area (Å²) in [6, 6.07) is 7.73. The van der Waals surface area contributed by atoms with Crippen LogP contribution in [0.25, 0.3) is 0 Å². The number of benzene rings is 1. The summed E-state index contributed by atoms with van der Waals surface area (Å²) in [5.74, 6) is -0.731. The molecule has 5 nitrogen and oxygen atoms in total. The quantitative estimate of drug-likeness (QED) is 0.853. The minimum Gasteiger partial charge on any atom is -0.355 e. The van der Waals surface area contributed by atoms with Gasteiger partial charge in [0.25, 0.3) is 11.8 Å². The monoisotopic (exact) mass is 323 g/mol. The van der Waals surface area contributed by atoms with E-state index in [1.807, 2.05) is 0 Å². The number of nitrogens with zero attached hydrogens (tertiary/aromatic N) is 1. The molecule has 0 radical (unpaired) electrons. The van der Waals surface area contributed by atoms with E-state index in [-0.39, 0.29) is 16.6 Å². The highest BCUT2D eigenvalue weighted by molar-refractivity contribution is 6.35. The molecule has 2 N–H and O–H groups in total. The molecule has 7 heteroatoms. The van der Waals surface area contributed by atoms with Crippen LogP contribution in [-0.2, 0) is 0 Å². The molecule has 0 atom stereocenters. The van der Waals surface area contributed by atoms with E-state index in [9.17, 15) is 9.59 Å². The molecule has 0 spiro atoms. The van der Waals surface area contributed by atoms with Crippen molar-refractivity contribution in [3.63, 3.8) is 0 Å².